The van der Waals surface area contributed by atoms with Crippen LogP contribution >= 0.6 is 0 Å². The molecule has 0 spiro atoms. The van der Waals surface area contributed by atoms with Crippen LogP contribution in [-0.2, 0) is 19.1 Å². The van der Waals surface area contributed by atoms with E-state index in [9.17, 15) is 14.7 Å². The second-order valence-electron chi connectivity index (χ2n) is 18.4. The van der Waals surface area contributed by atoms with Crippen molar-refractivity contribution < 1.29 is 24.2 Å². The largest absolute Gasteiger partial charge is 0.465 e. The van der Waals surface area contributed by atoms with Crippen LogP contribution in [0.15, 0.2) is 0 Å². The predicted molar refractivity (Wildman–Crippen MR) is 237 cm³/mol. The van der Waals surface area contributed by atoms with Crippen LogP contribution < -0.4 is 0 Å². The number of rotatable bonds is 42. The number of ether oxygens (including phenoxy) is 2. The SMILES string of the molecule is CCCCCCCCCCCCOC(=O)C(C)(C)CCCN(CCCO)CCCCCCC(C)(C)C(=O)OC(CCCCCCCC)CCCCCCCC. The number of unbranched alkanes of at least 4 members (excludes halogenated alkanes) is 22. The van der Waals surface area contributed by atoms with Gasteiger partial charge in [0.2, 0.25) is 0 Å². The Hall–Kier alpha value is -1.14. The van der Waals surface area contributed by atoms with Gasteiger partial charge in [-0.05, 0) is 105 Å². The number of aliphatic hydroxyl groups is 1. The Labute approximate surface area is 343 Å². The van der Waals surface area contributed by atoms with Crippen molar-refractivity contribution in [3.8, 4) is 0 Å². The van der Waals surface area contributed by atoms with Gasteiger partial charge in [0.25, 0.3) is 0 Å². The Balaban J connectivity index is 4.48. The molecule has 0 amide bonds. The maximum absolute atomic E-state index is 13.4. The first-order chi connectivity index (χ1) is 26.5. The summed E-state index contributed by atoms with van der Waals surface area (Å²) in [5, 5.41) is 9.50. The molecule has 0 atom stereocenters. The Bertz CT molecular complexity index is 842. The summed E-state index contributed by atoms with van der Waals surface area (Å²) in [4.78, 5) is 28.7. The van der Waals surface area contributed by atoms with E-state index in [1.54, 1.807) is 0 Å². The van der Waals surface area contributed by atoms with Gasteiger partial charge < -0.3 is 19.5 Å². The van der Waals surface area contributed by atoms with Crippen LogP contribution in [0.2, 0.25) is 0 Å². The summed E-state index contributed by atoms with van der Waals surface area (Å²) >= 11 is 0. The van der Waals surface area contributed by atoms with Crippen LogP contribution in [0.3, 0.4) is 0 Å². The average Bonchev–Trinajstić information content (AvgIpc) is 3.16. The molecular formula is C49H97NO5. The van der Waals surface area contributed by atoms with Gasteiger partial charge in [-0.15, -0.1) is 0 Å². The van der Waals surface area contributed by atoms with Crippen molar-refractivity contribution in [2.75, 3.05) is 32.8 Å². The molecule has 0 aliphatic heterocycles. The summed E-state index contributed by atoms with van der Waals surface area (Å²) in [5.41, 5.74) is -0.924. The van der Waals surface area contributed by atoms with Crippen LogP contribution in [0.4, 0.5) is 0 Å². The van der Waals surface area contributed by atoms with E-state index in [1.165, 1.54) is 116 Å². The van der Waals surface area contributed by atoms with Gasteiger partial charge in [-0.25, -0.2) is 0 Å². The van der Waals surface area contributed by atoms with Crippen LogP contribution in [-0.4, -0.2) is 60.9 Å². The number of carbonyl (C=O) groups excluding carboxylic acids is 2. The van der Waals surface area contributed by atoms with Crippen molar-refractivity contribution in [2.24, 2.45) is 10.8 Å². The molecule has 0 heterocycles. The summed E-state index contributed by atoms with van der Waals surface area (Å²) in [5.74, 6) is -0.0708. The molecule has 0 aliphatic carbocycles. The van der Waals surface area contributed by atoms with E-state index in [1.807, 2.05) is 13.8 Å². The van der Waals surface area contributed by atoms with Crippen LogP contribution in [0.5, 0.6) is 0 Å². The molecule has 0 rings (SSSR count). The van der Waals surface area contributed by atoms with Gasteiger partial charge in [0.1, 0.15) is 6.10 Å². The van der Waals surface area contributed by atoms with Gasteiger partial charge in [-0.3, -0.25) is 9.59 Å². The zero-order valence-electron chi connectivity index (χ0n) is 38.3. The molecule has 0 aromatic heterocycles. The summed E-state index contributed by atoms with van der Waals surface area (Å²) in [6, 6.07) is 0. The van der Waals surface area contributed by atoms with Gasteiger partial charge in [0, 0.05) is 13.2 Å². The van der Waals surface area contributed by atoms with Crippen molar-refractivity contribution in [3.63, 3.8) is 0 Å². The van der Waals surface area contributed by atoms with E-state index in [-0.39, 0.29) is 24.6 Å². The van der Waals surface area contributed by atoms with Crippen molar-refractivity contribution in [1.82, 2.24) is 4.90 Å². The van der Waals surface area contributed by atoms with E-state index >= 15 is 0 Å². The molecule has 6 heteroatoms. The van der Waals surface area contributed by atoms with Crippen LogP contribution in [0.25, 0.3) is 0 Å². The van der Waals surface area contributed by atoms with Crippen molar-refractivity contribution in [2.45, 2.75) is 260 Å². The first kappa shape index (κ1) is 53.9. The summed E-state index contributed by atoms with van der Waals surface area (Å²) in [7, 11) is 0. The highest BCUT2D eigenvalue weighted by molar-refractivity contribution is 5.76. The third kappa shape index (κ3) is 32.5. The molecule has 6 nitrogen and oxygen atoms in total. The van der Waals surface area contributed by atoms with Crippen molar-refractivity contribution in [1.29, 1.82) is 0 Å². The Kier molecular flexibility index (Phi) is 36.4. The molecule has 0 radical (unpaired) electrons. The first-order valence-corrected chi connectivity index (χ1v) is 24.3. The molecule has 1 N–H and O–H groups in total. The zero-order valence-corrected chi connectivity index (χ0v) is 38.3. The highest BCUT2D eigenvalue weighted by Gasteiger charge is 2.31. The first-order valence-electron chi connectivity index (χ1n) is 24.3. The fourth-order valence-electron chi connectivity index (χ4n) is 7.66. The van der Waals surface area contributed by atoms with Crippen LogP contribution in [0, 0.1) is 10.8 Å². The van der Waals surface area contributed by atoms with Crippen molar-refractivity contribution >= 4 is 11.9 Å². The quantitative estimate of drug-likeness (QED) is 0.0491. The lowest BCUT2D eigenvalue weighted by molar-refractivity contribution is -0.161. The number of aliphatic hydroxyl groups excluding tert-OH is 1. The molecule has 0 saturated heterocycles. The van der Waals surface area contributed by atoms with Gasteiger partial charge in [-0.1, -0.05) is 162 Å². The smallest absolute Gasteiger partial charge is 0.311 e. The third-order valence-electron chi connectivity index (χ3n) is 11.8. The normalized spacial score (nSPS) is 12.3. The van der Waals surface area contributed by atoms with E-state index in [0.717, 1.165) is 110 Å². The van der Waals surface area contributed by atoms with Gasteiger partial charge >= 0.3 is 11.9 Å². The molecule has 0 bridgehead atoms. The fourth-order valence-corrected chi connectivity index (χ4v) is 7.66. The maximum Gasteiger partial charge on any atom is 0.311 e. The highest BCUT2D eigenvalue weighted by atomic mass is 16.5. The molecule has 55 heavy (non-hydrogen) atoms. The third-order valence-corrected chi connectivity index (χ3v) is 11.8. The minimum Gasteiger partial charge on any atom is -0.465 e. The number of carbonyl (C=O) groups is 2. The Morgan fingerprint density at radius 2 is 0.855 bits per heavy atom. The standard InChI is InChI=1S/C49H97NO5/c1-8-11-14-17-20-21-22-23-28-33-44-54-46(52)48(4,5)39-34-41-50(42-35-43-51)40-32-27-26-31-38-49(6,7)47(53)55-45(36-29-24-18-15-12-9-2)37-30-25-19-16-13-10-3/h45,51H,8-44H2,1-7H3. The number of hydrogen-bond donors (Lipinski definition) is 1. The van der Waals surface area contributed by atoms with Crippen molar-refractivity contribution in [3.05, 3.63) is 0 Å². The van der Waals surface area contributed by atoms with E-state index in [2.05, 4.69) is 39.5 Å². The van der Waals surface area contributed by atoms with Gasteiger partial charge in [-0.2, -0.15) is 0 Å². The second-order valence-corrected chi connectivity index (χ2v) is 18.4. The lowest BCUT2D eigenvalue weighted by Crippen LogP contribution is -2.31. The molecule has 0 aromatic carbocycles. The average molecular weight is 780 g/mol. The molecule has 0 unspecified atom stereocenters. The van der Waals surface area contributed by atoms with Crippen LogP contribution in [0.1, 0.15) is 254 Å². The lowest BCUT2D eigenvalue weighted by Gasteiger charge is -2.27. The molecule has 0 aromatic rings. The monoisotopic (exact) mass is 780 g/mol. The molecule has 0 fully saturated rings. The lowest BCUT2D eigenvalue weighted by atomic mass is 9.86. The number of nitrogens with zero attached hydrogens (tertiary/aromatic N) is 1. The number of esters is 2. The highest BCUT2D eigenvalue weighted by Crippen LogP contribution is 2.29. The summed E-state index contributed by atoms with van der Waals surface area (Å²) in [6.07, 6.45) is 37.9. The molecule has 0 saturated carbocycles. The fraction of sp³-hybridized carbons (Fsp3) is 0.959. The van der Waals surface area contributed by atoms with E-state index in [4.69, 9.17) is 9.47 Å². The van der Waals surface area contributed by atoms with Gasteiger partial charge in [0.05, 0.1) is 17.4 Å². The summed E-state index contributed by atoms with van der Waals surface area (Å²) in [6.45, 7) is 18.6. The Morgan fingerprint density at radius 3 is 1.36 bits per heavy atom. The minimum atomic E-state index is -0.475. The number of hydrogen-bond acceptors (Lipinski definition) is 6. The zero-order chi connectivity index (χ0) is 40.9. The minimum absolute atomic E-state index is 0.00440. The predicted octanol–water partition coefficient (Wildman–Crippen LogP) is 14.3. The van der Waals surface area contributed by atoms with E-state index < -0.39 is 10.8 Å². The maximum atomic E-state index is 13.4. The van der Waals surface area contributed by atoms with Gasteiger partial charge in [0.15, 0.2) is 0 Å². The topological polar surface area (TPSA) is 76.1 Å². The molecule has 328 valence electrons. The second kappa shape index (κ2) is 37.2. The molecular weight excluding hydrogens is 683 g/mol. The Morgan fingerprint density at radius 1 is 0.473 bits per heavy atom. The summed E-state index contributed by atoms with van der Waals surface area (Å²) < 4.78 is 12.0. The molecule has 0 aliphatic rings. The van der Waals surface area contributed by atoms with E-state index in [0.29, 0.717) is 6.61 Å².